The molecule has 0 aliphatic carbocycles. The fourth-order valence-corrected chi connectivity index (χ4v) is 2.67. The summed E-state index contributed by atoms with van der Waals surface area (Å²) in [5.74, 6) is -0.323. The van der Waals surface area contributed by atoms with Crippen LogP contribution >= 0.6 is 0 Å². The monoisotopic (exact) mass is 293 g/mol. The molecule has 0 spiro atoms. The third-order valence-corrected chi connectivity index (χ3v) is 3.76. The van der Waals surface area contributed by atoms with Crippen molar-refractivity contribution in [3.05, 3.63) is 35.4 Å². The van der Waals surface area contributed by atoms with Gasteiger partial charge in [0.05, 0.1) is 25.7 Å². The minimum atomic E-state index is -0.390. The van der Waals surface area contributed by atoms with Crippen LogP contribution in [-0.2, 0) is 20.9 Å². The SMILES string of the molecule is CC.Cc1ccc(CN2OC(CO)[C@H]3COC(=O)[C@H]32)cc1. The first-order valence-corrected chi connectivity index (χ1v) is 7.45. The van der Waals surface area contributed by atoms with Gasteiger partial charge in [0, 0.05) is 0 Å². The second kappa shape index (κ2) is 7.02. The Hall–Kier alpha value is -1.43. The zero-order chi connectivity index (χ0) is 15.4. The fourth-order valence-electron chi connectivity index (χ4n) is 2.67. The number of aryl methyl sites for hydroxylation is 1. The summed E-state index contributed by atoms with van der Waals surface area (Å²) >= 11 is 0. The van der Waals surface area contributed by atoms with Gasteiger partial charge in [-0.05, 0) is 12.5 Å². The maximum Gasteiger partial charge on any atom is 0.326 e. The van der Waals surface area contributed by atoms with Crippen molar-refractivity contribution in [1.29, 1.82) is 0 Å². The predicted octanol–water partition coefficient (Wildman–Crippen LogP) is 1.67. The van der Waals surface area contributed by atoms with Crippen LogP contribution in [0.1, 0.15) is 25.0 Å². The van der Waals surface area contributed by atoms with E-state index in [1.54, 1.807) is 5.06 Å². The van der Waals surface area contributed by atoms with Crippen molar-refractivity contribution >= 4 is 5.97 Å². The molecule has 21 heavy (non-hydrogen) atoms. The van der Waals surface area contributed by atoms with Crippen LogP contribution in [0.25, 0.3) is 0 Å². The maximum absolute atomic E-state index is 11.7. The van der Waals surface area contributed by atoms with Crippen molar-refractivity contribution < 1.29 is 19.5 Å². The third kappa shape index (κ3) is 3.26. The van der Waals surface area contributed by atoms with Crippen molar-refractivity contribution in [1.82, 2.24) is 5.06 Å². The average molecular weight is 293 g/mol. The lowest BCUT2D eigenvalue weighted by Gasteiger charge is -2.19. The topological polar surface area (TPSA) is 59.0 Å². The van der Waals surface area contributed by atoms with Gasteiger partial charge in [-0.15, -0.1) is 0 Å². The number of aliphatic hydroxyl groups is 1. The highest BCUT2D eigenvalue weighted by atomic mass is 16.7. The first kappa shape index (κ1) is 15.9. The Balaban J connectivity index is 0.000000774. The standard InChI is InChI=1S/C14H17NO4.C2H6/c1-9-2-4-10(5-3-9)6-15-13-11(8-18-14(13)17)12(7-16)19-15;1-2/h2-5,11-13,16H,6-8H2,1H3;1-2H3/t11-,12?,13+;/m1./s1. The number of benzene rings is 1. The van der Waals surface area contributed by atoms with Gasteiger partial charge in [-0.25, -0.2) is 0 Å². The Bertz CT molecular complexity index is 474. The number of rotatable bonds is 3. The second-order valence-corrected chi connectivity index (χ2v) is 5.13. The molecule has 0 saturated carbocycles. The van der Waals surface area contributed by atoms with Gasteiger partial charge in [-0.3, -0.25) is 9.63 Å². The van der Waals surface area contributed by atoms with Gasteiger partial charge in [0.2, 0.25) is 0 Å². The molecule has 116 valence electrons. The molecule has 2 fully saturated rings. The highest BCUT2D eigenvalue weighted by Crippen LogP contribution is 2.34. The molecule has 5 heteroatoms. The number of hydrogen-bond acceptors (Lipinski definition) is 5. The van der Waals surface area contributed by atoms with Crippen LogP contribution in [0.2, 0.25) is 0 Å². The fraction of sp³-hybridized carbons (Fsp3) is 0.562. The van der Waals surface area contributed by atoms with Gasteiger partial charge >= 0.3 is 5.97 Å². The number of carbonyl (C=O) groups is 1. The molecule has 1 unspecified atom stereocenters. The molecule has 0 radical (unpaired) electrons. The lowest BCUT2D eigenvalue weighted by molar-refractivity contribution is -0.192. The molecule has 2 aliphatic heterocycles. The Morgan fingerprint density at radius 3 is 2.57 bits per heavy atom. The summed E-state index contributed by atoms with van der Waals surface area (Å²) in [7, 11) is 0. The summed E-state index contributed by atoms with van der Waals surface area (Å²) in [6, 6.07) is 7.69. The van der Waals surface area contributed by atoms with Crippen molar-refractivity contribution in [3.8, 4) is 0 Å². The average Bonchev–Trinajstić information content (AvgIpc) is 3.05. The van der Waals surface area contributed by atoms with Crippen LogP contribution in [0.4, 0.5) is 0 Å². The van der Waals surface area contributed by atoms with Crippen LogP contribution in [0.3, 0.4) is 0 Å². The van der Waals surface area contributed by atoms with E-state index in [0.717, 1.165) is 5.56 Å². The Labute approximate surface area is 125 Å². The third-order valence-electron chi connectivity index (χ3n) is 3.76. The number of aliphatic hydroxyl groups excluding tert-OH is 1. The molecular formula is C16H23NO4. The van der Waals surface area contributed by atoms with E-state index >= 15 is 0 Å². The van der Waals surface area contributed by atoms with E-state index in [9.17, 15) is 9.90 Å². The van der Waals surface area contributed by atoms with Gasteiger partial charge in [0.1, 0.15) is 12.1 Å². The minimum absolute atomic E-state index is 0.0667. The number of cyclic esters (lactones) is 1. The number of hydrogen-bond donors (Lipinski definition) is 1. The summed E-state index contributed by atoms with van der Waals surface area (Å²) in [6.45, 7) is 6.79. The first-order valence-electron chi connectivity index (χ1n) is 7.45. The van der Waals surface area contributed by atoms with Crippen molar-refractivity contribution in [2.45, 2.75) is 39.5 Å². The van der Waals surface area contributed by atoms with E-state index in [-0.39, 0.29) is 24.6 Å². The molecule has 2 saturated heterocycles. The Morgan fingerprint density at radius 2 is 1.95 bits per heavy atom. The number of hydroxylamine groups is 2. The van der Waals surface area contributed by atoms with Gasteiger partial charge in [0.15, 0.2) is 0 Å². The summed E-state index contributed by atoms with van der Waals surface area (Å²) < 4.78 is 5.07. The molecule has 1 aromatic carbocycles. The van der Waals surface area contributed by atoms with E-state index < -0.39 is 6.04 Å². The molecule has 0 amide bonds. The van der Waals surface area contributed by atoms with Gasteiger partial charge in [-0.2, -0.15) is 5.06 Å². The molecule has 2 heterocycles. The normalized spacial score (nSPS) is 27.8. The summed E-state index contributed by atoms with van der Waals surface area (Å²) in [5.41, 5.74) is 2.26. The molecule has 5 nitrogen and oxygen atoms in total. The minimum Gasteiger partial charge on any atom is -0.464 e. The summed E-state index contributed by atoms with van der Waals surface area (Å²) in [5, 5.41) is 10.9. The summed E-state index contributed by atoms with van der Waals surface area (Å²) in [6.07, 6.45) is -0.345. The molecule has 1 aromatic rings. The number of esters is 1. The highest BCUT2D eigenvalue weighted by Gasteiger charge is 2.52. The molecule has 3 rings (SSSR count). The number of ether oxygens (including phenoxy) is 1. The van der Waals surface area contributed by atoms with Crippen LogP contribution in [0.15, 0.2) is 24.3 Å². The quantitative estimate of drug-likeness (QED) is 0.859. The Kier molecular flexibility index (Phi) is 5.33. The molecule has 0 bridgehead atoms. The largest absolute Gasteiger partial charge is 0.464 e. The molecule has 3 atom stereocenters. The van der Waals surface area contributed by atoms with Crippen molar-refractivity contribution in [2.75, 3.05) is 13.2 Å². The van der Waals surface area contributed by atoms with E-state index in [2.05, 4.69) is 0 Å². The zero-order valence-electron chi connectivity index (χ0n) is 12.8. The van der Waals surface area contributed by atoms with Gasteiger partial charge < -0.3 is 9.84 Å². The smallest absolute Gasteiger partial charge is 0.326 e. The summed E-state index contributed by atoms with van der Waals surface area (Å²) in [4.78, 5) is 17.4. The molecule has 0 aromatic heterocycles. The predicted molar refractivity (Wildman–Crippen MR) is 78.3 cm³/mol. The van der Waals surface area contributed by atoms with E-state index in [1.165, 1.54) is 5.56 Å². The lowest BCUT2D eigenvalue weighted by atomic mass is 9.98. The second-order valence-electron chi connectivity index (χ2n) is 5.13. The number of fused-ring (bicyclic) bond motifs is 1. The van der Waals surface area contributed by atoms with Crippen LogP contribution < -0.4 is 0 Å². The molecule has 1 N–H and O–H groups in total. The molecule has 2 aliphatic rings. The van der Waals surface area contributed by atoms with Crippen molar-refractivity contribution in [3.63, 3.8) is 0 Å². The van der Waals surface area contributed by atoms with Crippen LogP contribution in [0, 0.1) is 12.8 Å². The first-order chi connectivity index (χ1) is 10.2. The van der Waals surface area contributed by atoms with E-state index in [1.807, 2.05) is 45.0 Å². The highest BCUT2D eigenvalue weighted by molar-refractivity contribution is 5.78. The van der Waals surface area contributed by atoms with E-state index in [4.69, 9.17) is 9.57 Å². The van der Waals surface area contributed by atoms with E-state index in [0.29, 0.717) is 13.2 Å². The van der Waals surface area contributed by atoms with Crippen LogP contribution in [0.5, 0.6) is 0 Å². The van der Waals surface area contributed by atoms with Crippen molar-refractivity contribution in [2.24, 2.45) is 5.92 Å². The zero-order valence-corrected chi connectivity index (χ0v) is 12.8. The lowest BCUT2D eigenvalue weighted by Crippen LogP contribution is -2.34. The van der Waals surface area contributed by atoms with Gasteiger partial charge in [-0.1, -0.05) is 43.7 Å². The molecular weight excluding hydrogens is 270 g/mol. The van der Waals surface area contributed by atoms with Crippen LogP contribution in [-0.4, -0.2) is 41.5 Å². The number of carbonyl (C=O) groups excluding carboxylic acids is 1. The van der Waals surface area contributed by atoms with Gasteiger partial charge in [0.25, 0.3) is 0 Å². The maximum atomic E-state index is 11.7. The Morgan fingerprint density at radius 1 is 1.29 bits per heavy atom. The number of nitrogens with zero attached hydrogens (tertiary/aromatic N) is 1.